The molecule has 0 radical (unpaired) electrons. The number of aromatic nitrogens is 2. The van der Waals surface area contributed by atoms with Crippen LogP contribution in [0.5, 0.6) is 0 Å². The molecule has 0 saturated carbocycles. The molecule has 1 saturated heterocycles. The topological polar surface area (TPSA) is 96.8 Å². The molecule has 2 aromatic heterocycles. The monoisotopic (exact) mass is 591 g/mol. The normalized spacial score (nSPS) is 14.9. The van der Waals surface area contributed by atoms with Crippen molar-refractivity contribution >= 4 is 38.7 Å². The van der Waals surface area contributed by atoms with Gasteiger partial charge in [0.1, 0.15) is 22.9 Å². The fraction of sp³-hybridized carbons (Fsp3) is 0.517. The molecule has 9 nitrogen and oxygen atoms in total. The number of hydrogen-bond donors (Lipinski definition) is 1. The second-order valence-corrected chi connectivity index (χ2v) is 13.2. The van der Waals surface area contributed by atoms with E-state index >= 15 is 8.78 Å². The van der Waals surface area contributed by atoms with Crippen LogP contribution in [0.4, 0.5) is 25.1 Å². The van der Waals surface area contributed by atoms with Crippen LogP contribution in [-0.2, 0) is 21.2 Å². The van der Waals surface area contributed by atoms with Crippen LogP contribution in [0.15, 0.2) is 30.5 Å². The number of sulfonamides is 1. The van der Waals surface area contributed by atoms with Crippen molar-refractivity contribution in [2.45, 2.75) is 71.9 Å². The lowest BCUT2D eigenvalue weighted by Gasteiger charge is -2.37. The maximum Gasteiger partial charge on any atom is 0.410 e. The van der Waals surface area contributed by atoms with Crippen molar-refractivity contribution in [3.05, 3.63) is 47.7 Å². The Labute approximate surface area is 240 Å². The third-order valence-electron chi connectivity index (χ3n) is 7.16. The van der Waals surface area contributed by atoms with Crippen molar-refractivity contribution in [3.63, 3.8) is 0 Å². The number of rotatable bonds is 8. The average molecular weight is 592 g/mol. The van der Waals surface area contributed by atoms with E-state index in [1.807, 2.05) is 40.8 Å². The Morgan fingerprint density at radius 2 is 1.83 bits per heavy atom. The van der Waals surface area contributed by atoms with Gasteiger partial charge in [-0.15, -0.1) is 0 Å². The quantitative estimate of drug-likeness (QED) is 0.353. The summed E-state index contributed by atoms with van der Waals surface area (Å²) in [5.74, 6) is -1.28. The number of benzene rings is 1. The van der Waals surface area contributed by atoms with Crippen LogP contribution < -0.4 is 9.62 Å². The highest BCUT2D eigenvalue weighted by Crippen LogP contribution is 2.32. The second kappa shape index (κ2) is 11.8. The minimum atomic E-state index is -3.77. The number of halogens is 2. The van der Waals surface area contributed by atoms with Gasteiger partial charge in [0.15, 0.2) is 5.82 Å². The number of piperidine rings is 1. The summed E-state index contributed by atoms with van der Waals surface area (Å²) < 4.78 is 64.3. The van der Waals surface area contributed by atoms with Crippen molar-refractivity contribution in [3.8, 4) is 5.69 Å². The molecular formula is C29H39F2N5O4S. The van der Waals surface area contributed by atoms with Gasteiger partial charge in [0.25, 0.3) is 0 Å². The van der Waals surface area contributed by atoms with Crippen molar-refractivity contribution < 1.29 is 26.7 Å². The standard InChI is InChI=1S/C29H39F2N5O4S/c1-7-17-41(38,39)33-22-10-9-21(30)27(25(22)31)36-18-19(8-2)26-23(36)11-12-24(32-26)34(6)20-13-15-35(16-14-20)28(37)40-29(3,4)5/h9-12,18,20,33H,7-8,13-17H2,1-6H3. The largest absolute Gasteiger partial charge is 0.444 e. The van der Waals surface area contributed by atoms with E-state index in [9.17, 15) is 13.2 Å². The zero-order valence-corrected chi connectivity index (χ0v) is 25.3. The van der Waals surface area contributed by atoms with E-state index in [0.717, 1.165) is 30.5 Å². The van der Waals surface area contributed by atoms with Crippen LogP contribution in [-0.4, -0.2) is 66.5 Å². The van der Waals surface area contributed by atoms with Crippen molar-refractivity contribution in [1.82, 2.24) is 14.5 Å². The summed E-state index contributed by atoms with van der Waals surface area (Å²) in [6.45, 7) is 10.3. The molecule has 3 heterocycles. The van der Waals surface area contributed by atoms with Crippen LogP contribution >= 0.6 is 0 Å². The predicted molar refractivity (Wildman–Crippen MR) is 157 cm³/mol. The number of pyridine rings is 1. The van der Waals surface area contributed by atoms with E-state index < -0.39 is 27.3 Å². The molecule has 0 bridgehead atoms. The molecule has 41 heavy (non-hydrogen) atoms. The van der Waals surface area contributed by atoms with Crippen LogP contribution in [0.2, 0.25) is 0 Å². The fourth-order valence-electron chi connectivity index (χ4n) is 5.08. The Hall–Kier alpha value is -3.41. The van der Waals surface area contributed by atoms with Gasteiger partial charge in [-0.25, -0.2) is 27.0 Å². The van der Waals surface area contributed by atoms with Crippen LogP contribution in [0, 0.1) is 11.6 Å². The van der Waals surface area contributed by atoms with Gasteiger partial charge in [0, 0.05) is 32.4 Å². The molecule has 1 N–H and O–H groups in total. The second-order valence-electron chi connectivity index (χ2n) is 11.4. The Morgan fingerprint density at radius 1 is 1.15 bits per heavy atom. The summed E-state index contributed by atoms with van der Waals surface area (Å²) in [5.41, 5.74) is 0.684. The number of nitrogens with zero attached hydrogens (tertiary/aromatic N) is 4. The van der Waals surface area contributed by atoms with E-state index in [2.05, 4.69) is 9.62 Å². The van der Waals surface area contributed by atoms with E-state index in [1.165, 1.54) is 4.57 Å². The lowest BCUT2D eigenvalue weighted by Crippen LogP contribution is -2.47. The van der Waals surface area contributed by atoms with Crippen molar-refractivity contribution in [1.29, 1.82) is 0 Å². The predicted octanol–water partition coefficient (Wildman–Crippen LogP) is 5.85. The van der Waals surface area contributed by atoms with E-state index in [4.69, 9.17) is 9.72 Å². The highest BCUT2D eigenvalue weighted by atomic mass is 32.2. The van der Waals surface area contributed by atoms with Crippen LogP contribution in [0.3, 0.4) is 0 Å². The molecular weight excluding hydrogens is 552 g/mol. The fourth-order valence-corrected chi connectivity index (χ4v) is 6.21. The molecule has 1 aliphatic heterocycles. The third-order valence-corrected chi connectivity index (χ3v) is 8.64. The van der Waals surface area contributed by atoms with Gasteiger partial charge in [0.2, 0.25) is 10.0 Å². The SMILES string of the molecule is CCCS(=O)(=O)Nc1ccc(F)c(-n2cc(CC)c3nc(N(C)C4CCN(C(=O)OC(C)(C)C)CC4)ccc32)c1F. The number of carbonyl (C=O) groups is 1. The molecule has 3 aromatic rings. The molecule has 0 spiro atoms. The number of nitrogens with one attached hydrogen (secondary N) is 1. The van der Waals surface area contributed by atoms with Crippen molar-refractivity contribution in [2.75, 3.05) is 35.5 Å². The van der Waals surface area contributed by atoms with Gasteiger partial charge in [-0.1, -0.05) is 13.8 Å². The average Bonchev–Trinajstić information content (AvgIpc) is 3.26. The van der Waals surface area contributed by atoms with Gasteiger partial charge >= 0.3 is 6.09 Å². The number of likely N-dealkylation sites (tertiary alicyclic amines) is 1. The Bertz CT molecular complexity index is 1530. The Kier molecular flexibility index (Phi) is 8.81. The maximum absolute atomic E-state index is 15.6. The lowest BCUT2D eigenvalue weighted by atomic mass is 10.0. The number of ether oxygens (including phenoxy) is 1. The first-order valence-corrected chi connectivity index (χ1v) is 15.6. The minimum absolute atomic E-state index is 0.147. The number of hydrogen-bond acceptors (Lipinski definition) is 6. The van der Waals surface area contributed by atoms with Gasteiger partial charge in [-0.3, -0.25) is 4.72 Å². The summed E-state index contributed by atoms with van der Waals surface area (Å²) in [4.78, 5) is 21.1. The van der Waals surface area contributed by atoms with E-state index in [-0.39, 0.29) is 29.3 Å². The van der Waals surface area contributed by atoms with Gasteiger partial charge in [-0.2, -0.15) is 0 Å². The molecule has 12 heteroatoms. The number of fused-ring (bicyclic) bond motifs is 1. The number of carbonyl (C=O) groups excluding carboxylic acids is 1. The zero-order valence-electron chi connectivity index (χ0n) is 24.5. The molecule has 0 unspecified atom stereocenters. The van der Waals surface area contributed by atoms with Crippen LogP contribution in [0.1, 0.15) is 59.4 Å². The van der Waals surface area contributed by atoms with Gasteiger partial charge < -0.3 is 19.1 Å². The minimum Gasteiger partial charge on any atom is -0.444 e. The molecule has 1 fully saturated rings. The molecule has 1 aromatic carbocycles. The molecule has 1 aliphatic rings. The summed E-state index contributed by atoms with van der Waals surface area (Å²) in [5, 5.41) is 0. The van der Waals surface area contributed by atoms with Crippen LogP contribution in [0.25, 0.3) is 16.7 Å². The molecule has 1 amide bonds. The Balaban J connectivity index is 1.61. The maximum atomic E-state index is 15.6. The smallest absolute Gasteiger partial charge is 0.410 e. The van der Waals surface area contributed by atoms with E-state index in [0.29, 0.717) is 42.8 Å². The first-order chi connectivity index (χ1) is 19.2. The molecule has 0 aliphatic carbocycles. The molecule has 4 rings (SSSR count). The number of anilines is 2. The number of amides is 1. The first-order valence-electron chi connectivity index (χ1n) is 13.9. The highest BCUT2D eigenvalue weighted by Gasteiger charge is 2.29. The van der Waals surface area contributed by atoms with Gasteiger partial charge in [-0.05, 0) is 76.3 Å². The zero-order chi connectivity index (χ0) is 30.1. The number of aryl methyl sites for hydroxylation is 1. The lowest BCUT2D eigenvalue weighted by molar-refractivity contribution is 0.0205. The third kappa shape index (κ3) is 6.74. The van der Waals surface area contributed by atoms with Gasteiger partial charge in [0.05, 0.1) is 22.5 Å². The summed E-state index contributed by atoms with van der Waals surface area (Å²) >= 11 is 0. The molecule has 224 valence electrons. The Morgan fingerprint density at radius 3 is 2.44 bits per heavy atom. The van der Waals surface area contributed by atoms with Crippen molar-refractivity contribution in [2.24, 2.45) is 0 Å². The first kappa shape index (κ1) is 30.5. The summed E-state index contributed by atoms with van der Waals surface area (Å²) in [6.07, 6.45) is 3.76. The molecule has 0 atom stereocenters. The van der Waals surface area contributed by atoms with E-state index in [1.54, 1.807) is 24.1 Å². The summed E-state index contributed by atoms with van der Waals surface area (Å²) in [7, 11) is -1.82. The summed E-state index contributed by atoms with van der Waals surface area (Å²) in [6, 6.07) is 5.87. The highest BCUT2D eigenvalue weighted by molar-refractivity contribution is 7.92.